The Hall–Kier alpha value is -1.35. The minimum absolute atomic E-state index is 0.137. The Labute approximate surface area is 101 Å². The number of carbonyl (C=O) groups excluding carboxylic acids is 1. The SMILES string of the molecule is O=C1C[C@@H](c2ccccc2)[C@H]2CCCO[C@H]2O1. The summed E-state index contributed by atoms with van der Waals surface area (Å²) >= 11 is 0. The smallest absolute Gasteiger partial charge is 0.308 e. The first-order chi connectivity index (χ1) is 8.34. The third-order valence-corrected chi connectivity index (χ3v) is 3.69. The molecule has 1 aromatic carbocycles. The van der Waals surface area contributed by atoms with Crippen molar-refractivity contribution in [3.8, 4) is 0 Å². The summed E-state index contributed by atoms with van der Waals surface area (Å²) in [6.07, 6.45) is 2.30. The number of carbonyl (C=O) groups is 1. The summed E-state index contributed by atoms with van der Waals surface area (Å²) in [4.78, 5) is 11.6. The number of fused-ring (bicyclic) bond motifs is 1. The lowest BCUT2D eigenvalue weighted by molar-refractivity contribution is -0.218. The minimum atomic E-state index is -0.324. The molecule has 0 aliphatic carbocycles. The zero-order valence-electron chi connectivity index (χ0n) is 9.67. The van der Waals surface area contributed by atoms with E-state index in [9.17, 15) is 4.79 Å². The standard InChI is InChI=1S/C14H16O3/c15-13-9-12(10-5-2-1-3-6-10)11-7-4-8-16-14(11)17-13/h1-3,5-6,11-12,14H,4,7-9H2/t11-,12+,14+/m1/s1. The average Bonchev–Trinajstić information content (AvgIpc) is 2.39. The fourth-order valence-electron chi connectivity index (χ4n) is 2.86. The molecule has 0 saturated carbocycles. The molecule has 0 unspecified atom stereocenters. The van der Waals surface area contributed by atoms with Crippen LogP contribution < -0.4 is 0 Å². The van der Waals surface area contributed by atoms with E-state index in [1.165, 1.54) is 5.56 Å². The Kier molecular flexibility index (Phi) is 2.85. The van der Waals surface area contributed by atoms with Crippen molar-refractivity contribution in [2.24, 2.45) is 5.92 Å². The van der Waals surface area contributed by atoms with Gasteiger partial charge in [0.15, 0.2) is 0 Å². The Bertz CT molecular complexity index is 401. The van der Waals surface area contributed by atoms with Gasteiger partial charge in [-0.2, -0.15) is 0 Å². The molecule has 3 rings (SSSR count). The maximum Gasteiger partial charge on any atom is 0.308 e. The molecular formula is C14H16O3. The molecule has 0 spiro atoms. The van der Waals surface area contributed by atoms with Crippen LogP contribution in [0.25, 0.3) is 0 Å². The van der Waals surface area contributed by atoms with Crippen LogP contribution in [0.1, 0.15) is 30.7 Å². The van der Waals surface area contributed by atoms with Crippen molar-refractivity contribution < 1.29 is 14.3 Å². The Morgan fingerprint density at radius 3 is 2.82 bits per heavy atom. The van der Waals surface area contributed by atoms with Crippen molar-refractivity contribution in [1.29, 1.82) is 0 Å². The second-order valence-corrected chi connectivity index (χ2v) is 4.76. The highest BCUT2D eigenvalue weighted by atomic mass is 16.7. The van der Waals surface area contributed by atoms with Gasteiger partial charge in [-0.15, -0.1) is 0 Å². The number of ether oxygens (including phenoxy) is 2. The van der Waals surface area contributed by atoms with Gasteiger partial charge in [-0.1, -0.05) is 30.3 Å². The number of esters is 1. The number of hydrogen-bond acceptors (Lipinski definition) is 3. The maximum absolute atomic E-state index is 11.6. The van der Waals surface area contributed by atoms with Crippen LogP contribution in [0.4, 0.5) is 0 Å². The second kappa shape index (κ2) is 4.49. The predicted molar refractivity (Wildman–Crippen MR) is 62.4 cm³/mol. The molecule has 2 fully saturated rings. The van der Waals surface area contributed by atoms with Gasteiger partial charge in [-0.3, -0.25) is 4.79 Å². The molecule has 1 aromatic rings. The summed E-state index contributed by atoms with van der Waals surface area (Å²) in [5.74, 6) is 0.439. The predicted octanol–water partition coefficient (Wildman–Crippen LogP) is 2.47. The van der Waals surface area contributed by atoms with Gasteiger partial charge in [0.25, 0.3) is 0 Å². The molecule has 2 saturated heterocycles. The van der Waals surface area contributed by atoms with E-state index in [4.69, 9.17) is 9.47 Å². The van der Waals surface area contributed by atoms with Crippen molar-refractivity contribution in [3.05, 3.63) is 35.9 Å². The quantitative estimate of drug-likeness (QED) is 0.698. The minimum Gasteiger partial charge on any atom is -0.435 e. The molecule has 2 aliphatic heterocycles. The Morgan fingerprint density at radius 1 is 1.18 bits per heavy atom. The summed E-state index contributed by atoms with van der Waals surface area (Å²) < 4.78 is 10.8. The van der Waals surface area contributed by atoms with Gasteiger partial charge < -0.3 is 9.47 Å². The van der Waals surface area contributed by atoms with Gasteiger partial charge in [0.2, 0.25) is 6.29 Å². The van der Waals surface area contributed by atoms with Gasteiger partial charge in [0.05, 0.1) is 13.0 Å². The van der Waals surface area contributed by atoms with Gasteiger partial charge in [-0.25, -0.2) is 0 Å². The molecule has 3 atom stereocenters. The van der Waals surface area contributed by atoms with Gasteiger partial charge in [0.1, 0.15) is 0 Å². The fourth-order valence-corrected chi connectivity index (χ4v) is 2.86. The van der Waals surface area contributed by atoms with Crippen LogP contribution in [0.2, 0.25) is 0 Å². The molecule has 2 aliphatic rings. The van der Waals surface area contributed by atoms with Crippen molar-refractivity contribution in [2.45, 2.75) is 31.5 Å². The first-order valence-electron chi connectivity index (χ1n) is 6.20. The van der Waals surface area contributed by atoms with Crippen LogP contribution in [0, 0.1) is 5.92 Å². The van der Waals surface area contributed by atoms with Crippen LogP contribution >= 0.6 is 0 Å². The third kappa shape index (κ3) is 2.07. The van der Waals surface area contributed by atoms with Crippen LogP contribution in [-0.2, 0) is 14.3 Å². The zero-order valence-corrected chi connectivity index (χ0v) is 9.67. The summed E-state index contributed by atoms with van der Waals surface area (Å²) in [5.41, 5.74) is 1.23. The summed E-state index contributed by atoms with van der Waals surface area (Å²) in [6.45, 7) is 0.704. The molecule has 0 amide bonds. The van der Waals surface area contributed by atoms with E-state index in [0.717, 1.165) is 12.8 Å². The van der Waals surface area contributed by atoms with Crippen molar-refractivity contribution in [1.82, 2.24) is 0 Å². The van der Waals surface area contributed by atoms with Crippen LogP contribution in [-0.4, -0.2) is 18.9 Å². The molecular weight excluding hydrogens is 216 g/mol. The molecule has 0 radical (unpaired) electrons. The topological polar surface area (TPSA) is 35.5 Å². The molecule has 90 valence electrons. The normalized spacial score (nSPS) is 32.7. The number of hydrogen-bond donors (Lipinski definition) is 0. The maximum atomic E-state index is 11.6. The lowest BCUT2D eigenvalue weighted by Gasteiger charge is -2.40. The summed E-state index contributed by atoms with van der Waals surface area (Å²) in [5, 5.41) is 0. The zero-order chi connectivity index (χ0) is 11.7. The van der Waals surface area contributed by atoms with E-state index in [1.807, 2.05) is 18.2 Å². The van der Waals surface area contributed by atoms with E-state index in [0.29, 0.717) is 18.9 Å². The lowest BCUT2D eigenvalue weighted by atomic mass is 9.78. The van der Waals surface area contributed by atoms with Crippen LogP contribution in [0.5, 0.6) is 0 Å². The highest BCUT2D eigenvalue weighted by Crippen LogP contribution is 2.41. The van der Waals surface area contributed by atoms with Gasteiger partial charge in [-0.05, 0) is 18.4 Å². The Balaban J connectivity index is 1.88. The first kappa shape index (κ1) is 10.8. The molecule has 3 nitrogen and oxygen atoms in total. The van der Waals surface area contributed by atoms with Crippen LogP contribution in [0.15, 0.2) is 30.3 Å². The molecule has 0 aromatic heterocycles. The summed E-state index contributed by atoms with van der Waals surface area (Å²) in [6, 6.07) is 10.2. The molecule has 17 heavy (non-hydrogen) atoms. The largest absolute Gasteiger partial charge is 0.435 e. The lowest BCUT2D eigenvalue weighted by Crippen LogP contribution is -2.42. The molecule has 2 heterocycles. The molecule has 0 N–H and O–H groups in total. The highest BCUT2D eigenvalue weighted by Gasteiger charge is 2.41. The van der Waals surface area contributed by atoms with E-state index in [-0.39, 0.29) is 18.2 Å². The number of rotatable bonds is 1. The average molecular weight is 232 g/mol. The third-order valence-electron chi connectivity index (χ3n) is 3.69. The van der Waals surface area contributed by atoms with E-state index < -0.39 is 0 Å². The van der Waals surface area contributed by atoms with Crippen molar-refractivity contribution in [3.63, 3.8) is 0 Å². The molecule has 3 heteroatoms. The van der Waals surface area contributed by atoms with Gasteiger partial charge in [0, 0.05) is 11.8 Å². The van der Waals surface area contributed by atoms with E-state index >= 15 is 0 Å². The van der Waals surface area contributed by atoms with Gasteiger partial charge >= 0.3 is 5.97 Å². The highest BCUT2D eigenvalue weighted by molar-refractivity contribution is 5.71. The number of benzene rings is 1. The van der Waals surface area contributed by atoms with Crippen molar-refractivity contribution >= 4 is 5.97 Å². The van der Waals surface area contributed by atoms with E-state index in [1.54, 1.807) is 0 Å². The second-order valence-electron chi connectivity index (χ2n) is 4.76. The van der Waals surface area contributed by atoms with Crippen molar-refractivity contribution in [2.75, 3.05) is 6.61 Å². The van der Waals surface area contributed by atoms with Crippen LogP contribution in [0.3, 0.4) is 0 Å². The monoisotopic (exact) mass is 232 g/mol. The summed E-state index contributed by atoms with van der Waals surface area (Å²) in [7, 11) is 0. The molecule has 0 bridgehead atoms. The fraction of sp³-hybridized carbons (Fsp3) is 0.500. The first-order valence-corrected chi connectivity index (χ1v) is 6.20. The Morgan fingerprint density at radius 2 is 2.00 bits per heavy atom. The van der Waals surface area contributed by atoms with E-state index in [2.05, 4.69) is 12.1 Å².